The topological polar surface area (TPSA) is 112 Å². The van der Waals surface area contributed by atoms with E-state index in [9.17, 15) is 19.8 Å². The maximum atomic E-state index is 11.9. The average Bonchev–Trinajstić information content (AvgIpc) is 3.65. The van der Waals surface area contributed by atoms with Gasteiger partial charge in [-0.3, -0.25) is 0 Å². The molecule has 8 heteroatoms. The molecular weight excluding hydrogens is 837 g/mol. The molecule has 0 aliphatic heterocycles. The standard InChI is InChI=1S/C59H50O8/c1-37(2)57(62)66-35-49(60)33-64-51-23-17-41-27-47(21-15-43(41)29-51)59(48-22-16-44-30-52(24-18-42(44)28-48)65-34-50(61)36-67-58(63)38(3)4)55-31-45(39-11-7-5-8-12-39)19-25-53(55)54-26-20-46(32-56(54)59)40-13-9-6-10-14-40/h5-32,49-50,60-61H,1,3,33-36H2,2,4H3. The smallest absolute Gasteiger partial charge is 0.333 e. The van der Waals surface area contributed by atoms with Crippen LogP contribution in [0.4, 0.5) is 0 Å². The highest BCUT2D eigenvalue weighted by molar-refractivity contribution is 5.94. The summed E-state index contributed by atoms with van der Waals surface area (Å²) in [6.45, 7) is 9.79. The van der Waals surface area contributed by atoms with Crippen molar-refractivity contribution in [1.82, 2.24) is 0 Å². The molecule has 9 rings (SSSR count). The second-order valence-electron chi connectivity index (χ2n) is 17.1. The molecule has 334 valence electrons. The van der Waals surface area contributed by atoms with Gasteiger partial charge in [0.2, 0.25) is 0 Å². The monoisotopic (exact) mass is 886 g/mol. The molecule has 8 nitrogen and oxygen atoms in total. The van der Waals surface area contributed by atoms with Gasteiger partial charge in [-0.15, -0.1) is 0 Å². The first-order valence-electron chi connectivity index (χ1n) is 22.2. The molecule has 8 aromatic carbocycles. The van der Waals surface area contributed by atoms with E-state index in [1.165, 1.54) is 0 Å². The quantitative estimate of drug-likeness (QED) is 0.0729. The Kier molecular flexibility index (Phi) is 12.6. The van der Waals surface area contributed by atoms with E-state index in [0.29, 0.717) is 11.5 Å². The number of fused-ring (bicyclic) bond motifs is 5. The molecule has 1 aliphatic rings. The lowest BCUT2D eigenvalue weighted by Crippen LogP contribution is -2.28. The molecule has 1 aliphatic carbocycles. The van der Waals surface area contributed by atoms with Gasteiger partial charge in [0.1, 0.15) is 50.1 Å². The molecule has 0 aromatic heterocycles. The highest BCUT2D eigenvalue weighted by Crippen LogP contribution is 2.58. The SMILES string of the molecule is C=C(C)C(=O)OCC(O)COc1ccc2cc(C3(c4ccc5cc(OCC(O)COC(=O)C(=C)C)ccc5c4)c4cc(-c5ccccc5)ccc4-c4ccc(-c5ccccc5)cc43)ccc2c1. The van der Waals surface area contributed by atoms with E-state index in [0.717, 1.165) is 77.2 Å². The van der Waals surface area contributed by atoms with Crippen molar-refractivity contribution in [3.8, 4) is 44.9 Å². The fourth-order valence-electron chi connectivity index (χ4n) is 8.90. The number of rotatable bonds is 16. The van der Waals surface area contributed by atoms with Gasteiger partial charge in [0, 0.05) is 11.1 Å². The summed E-state index contributed by atoms with van der Waals surface area (Å²) in [5.74, 6) is 0.0403. The van der Waals surface area contributed by atoms with Crippen molar-refractivity contribution in [2.75, 3.05) is 26.4 Å². The van der Waals surface area contributed by atoms with Crippen LogP contribution in [0.5, 0.6) is 11.5 Å². The van der Waals surface area contributed by atoms with Crippen molar-refractivity contribution in [2.24, 2.45) is 0 Å². The lowest BCUT2D eigenvalue weighted by molar-refractivity contribution is -0.143. The van der Waals surface area contributed by atoms with Gasteiger partial charge in [0.25, 0.3) is 0 Å². The molecule has 67 heavy (non-hydrogen) atoms. The van der Waals surface area contributed by atoms with E-state index in [1.807, 2.05) is 48.5 Å². The number of benzene rings is 8. The van der Waals surface area contributed by atoms with Crippen LogP contribution >= 0.6 is 0 Å². The number of carbonyl (C=O) groups excluding carboxylic acids is 2. The highest BCUT2D eigenvalue weighted by atomic mass is 16.6. The average molecular weight is 887 g/mol. The molecule has 0 saturated carbocycles. The normalized spacial score (nSPS) is 13.3. The zero-order valence-electron chi connectivity index (χ0n) is 37.4. The lowest BCUT2D eigenvalue weighted by atomic mass is 9.66. The summed E-state index contributed by atoms with van der Waals surface area (Å²) >= 11 is 0. The van der Waals surface area contributed by atoms with Gasteiger partial charge in [0.15, 0.2) is 0 Å². The minimum absolute atomic E-state index is 0.0538. The van der Waals surface area contributed by atoms with Gasteiger partial charge >= 0.3 is 11.9 Å². The second kappa shape index (κ2) is 19.0. The Labute approximate surface area is 390 Å². The van der Waals surface area contributed by atoms with Crippen LogP contribution in [-0.4, -0.2) is 60.8 Å². The van der Waals surface area contributed by atoms with E-state index in [-0.39, 0.29) is 37.6 Å². The predicted molar refractivity (Wildman–Crippen MR) is 264 cm³/mol. The van der Waals surface area contributed by atoms with Crippen LogP contribution in [-0.2, 0) is 24.5 Å². The first-order chi connectivity index (χ1) is 32.5. The number of aliphatic hydroxyl groups excluding tert-OH is 2. The molecular formula is C59H50O8. The van der Waals surface area contributed by atoms with Crippen molar-refractivity contribution in [3.63, 3.8) is 0 Å². The number of hydrogen-bond donors (Lipinski definition) is 2. The Balaban J connectivity index is 1.16. The molecule has 2 unspecified atom stereocenters. The van der Waals surface area contributed by atoms with Crippen molar-refractivity contribution in [1.29, 1.82) is 0 Å². The van der Waals surface area contributed by atoms with E-state index in [2.05, 4.69) is 134 Å². The predicted octanol–water partition coefficient (Wildman–Crippen LogP) is 11.4. The Morgan fingerprint density at radius 2 is 0.851 bits per heavy atom. The largest absolute Gasteiger partial charge is 0.491 e. The lowest BCUT2D eigenvalue weighted by Gasteiger charge is -2.35. The number of esters is 2. The molecule has 0 fully saturated rings. The third-order valence-electron chi connectivity index (χ3n) is 12.2. The fourth-order valence-corrected chi connectivity index (χ4v) is 8.90. The summed E-state index contributed by atoms with van der Waals surface area (Å²) in [5.41, 5.74) is 11.0. The van der Waals surface area contributed by atoms with Crippen molar-refractivity contribution in [3.05, 3.63) is 216 Å². The molecule has 0 radical (unpaired) electrons. The summed E-state index contributed by atoms with van der Waals surface area (Å²) in [4.78, 5) is 23.7. The fraction of sp³-hybridized carbons (Fsp3) is 0.153. The summed E-state index contributed by atoms with van der Waals surface area (Å²) in [7, 11) is 0. The summed E-state index contributed by atoms with van der Waals surface area (Å²) in [5, 5.41) is 24.9. The van der Waals surface area contributed by atoms with Crippen LogP contribution in [0.1, 0.15) is 36.1 Å². The molecule has 0 heterocycles. The third kappa shape index (κ3) is 9.10. The summed E-state index contributed by atoms with van der Waals surface area (Å²) < 4.78 is 22.2. The van der Waals surface area contributed by atoms with Gasteiger partial charge in [-0.2, -0.15) is 0 Å². The minimum atomic E-state index is -1.01. The highest BCUT2D eigenvalue weighted by Gasteiger charge is 2.47. The van der Waals surface area contributed by atoms with Crippen LogP contribution in [0.15, 0.2) is 194 Å². The molecule has 0 saturated heterocycles. The molecule has 8 aromatic rings. The van der Waals surface area contributed by atoms with E-state index >= 15 is 0 Å². The Morgan fingerprint density at radius 3 is 1.25 bits per heavy atom. The van der Waals surface area contributed by atoms with Gasteiger partial charge in [-0.1, -0.05) is 134 Å². The zero-order chi connectivity index (χ0) is 46.7. The molecule has 2 N–H and O–H groups in total. The van der Waals surface area contributed by atoms with Crippen LogP contribution in [0.2, 0.25) is 0 Å². The zero-order valence-corrected chi connectivity index (χ0v) is 37.4. The van der Waals surface area contributed by atoms with Crippen molar-refractivity contribution in [2.45, 2.75) is 31.5 Å². The number of ether oxygens (including phenoxy) is 4. The first kappa shape index (κ1) is 44.4. The maximum Gasteiger partial charge on any atom is 0.333 e. The molecule has 0 amide bonds. The van der Waals surface area contributed by atoms with Gasteiger partial charge in [-0.05, 0) is 140 Å². The van der Waals surface area contributed by atoms with Gasteiger partial charge in [-0.25, -0.2) is 9.59 Å². The van der Waals surface area contributed by atoms with Gasteiger partial charge in [0.05, 0.1) is 5.41 Å². The maximum absolute atomic E-state index is 11.9. The van der Waals surface area contributed by atoms with E-state index < -0.39 is 29.6 Å². The molecule has 0 spiro atoms. The summed E-state index contributed by atoms with van der Waals surface area (Å²) in [6, 6.07) is 59.6. The number of aliphatic hydroxyl groups is 2. The summed E-state index contributed by atoms with van der Waals surface area (Å²) in [6.07, 6.45) is -2.02. The molecule has 0 bridgehead atoms. The van der Waals surface area contributed by atoms with Gasteiger partial charge < -0.3 is 29.2 Å². The van der Waals surface area contributed by atoms with Crippen LogP contribution in [0, 0.1) is 0 Å². The van der Waals surface area contributed by atoms with Crippen molar-refractivity contribution < 1.29 is 38.7 Å². The minimum Gasteiger partial charge on any atom is -0.491 e. The van der Waals surface area contributed by atoms with Crippen molar-refractivity contribution >= 4 is 33.5 Å². The number of carbonyl (C=O) groups is 2. The third-order valence-corrected chi connectivity index (χ3v) is 12.2. The Morgan fingerprint density at radius 1 is 0.463 bits per heavy atom. The van der Waals surface area contributed by atoms with E-state index in [4.69, 9.17) is 18.9 Å². The van der Waals surface area contributed by atoms with Crippen LogP contribution in [0.25, 0.3) is 54.9 Å². The molecule has 2 atom stereocenters. The first-order valence-corrected chi connectivity index (χ1v) is 22.2. The Hall–Kier alpha value is -7.78. The van der Waals surface area contributed by atoms with Crippen LogP contribution in [0.3, 0.4) is 0 Å². The van der Waals surface area contributed by atoms with E-state index in [1.54, 1.807) is 13.8 Å². The second-order valence-corrected chi connectivity index (χ2v) is 17.1. The Bertz CT molecular complexity index is 2960. The van der Waals surface area contributed by atoms with Crippen LogP contribution < -0.4 is 9.47 Å². The number of hydrogen-bond acceptors (Lipinski definition) is 8.